The number of nitrogens with zero attached hydrogens (tertiary/aromatic N) is 3. The second-order valence-corrected chi connectivity index (χ2v) is 6.75. The summed E-state index contributed by atoms with van der Waals surface area (Å²) >= 11 is 1.68. The van der Waals surface area contributed by atoms with Crippen molar-refractivity contribution in [2.24, 2.45) is 5.41 Å². The third-order valence-corrected chi connectivity index (χ3v) is 5.30. The maximum atomic E-state index is 11.9. The first kappa shape index (κ1) is 13.8. The number of aliphatic hydroxyl groups excluding tert-OH is 1. The van der Waals surface area contributed by atoms with E-state index < -0.39 is 0 Å². The molecule has 2 aliphatic rings. The number of hydrogen-bond acceptors (Lipinski definition) is 5. The van der Waals surface area contributed by atoms with E-state index in [1.807, 2.05) is 16.5 Å². The third kappa shape index (κ3) is 2.67. The van der Waals surface area contributed by atoms with Crippen LogP contribution in [0.25, 0.3) is 0 Å². The Morgan fingerprint density at radius 2 is 2.30 bits per heavy atom. The summed E-state index contributed by atoms with van der Waals surface area (Å²) in [6.07, 6.45) is 5.76. The number of likely N-dealkylation sites (tertiary alicyclic amines) is 1. The summed E-state index contributed by atoms with van der Waals surface area (Å²) in [6, 6.07) is 0. The van der Waals surface area contributed by atoms with E-state index in [4.69, 9.17) is 5.11 Å². The molecule has 1 aromatic rings. The summed E-state index contributed by atoms with van der Waals surface area (Å²) in [5.74, 6) is 0.191. The van der Waals surface area contributed by atoms with E-state index in [1.165, 1.54) is 6.42 Å². The summed E-state index contributed by atoms with van der Waals surface area (Å²) in [6.45, 7) is 3.35. The van der Waals surface area contributed by atoms with Gasteiger partial charge in [-0.2, -0.15) is 0 Å². The molecule has 1 N–H and O–H groups in total. The van der Waals surface area contributed by atoms with Gasteiger partial charge in [-0.1, -0.05) is 0 Å². The Morgan fingerprint density at radius 3 is 3.05 bits per heavy atom. The molecule has 5 nitrogen and oxygen atoms in total. The molecule has 3 rings (SSSR count). The summed E-state index contributed by atoms with van der Waals surface area (Å²) in [4.78, 5) is 20.5. The second-order valence-electron chi connectivity index (χ2n) is 5.88. The Labute approximate surface area is 123 Å². The summed E-state index contributed by atoms with van der Waals surface area (Å²) in [7, 11) is 0. The van der Waals surface area contributed by atoms with Crippen LogP contribution in [-0.2, 0) is 4.79 Å². The van der Waals surface area contributed by atoms with Crippen LogP contribution in [0.1, 0.15) is 25.7 Å². The maximum Gasteiger partial charge on any atom is 0.222 e. The molecular formula is C14H21N3O2S. The van der Waals surface area contributed by atoms with Gasteiger partial charge >= 0.3 is 0 Å². The summed E-state index contributed by atoms with van der Waals surface area (Å²) in [5.41, 5.74) is 0.188. The molecule has 1 spiro atoms. The van der Waals surface area contributed by atoms with Crippen LogP contribution in [0.3, 0.4) is 0 Å². The van der Waals surface area contributed by atoms with Crippen molar-refractivity contribution < 1.29 is 9.90 Å². The SMILES string of the molecule is O=C1CC[C@]2(CCCN(c3nccs3)C2)CN1CCO. The number of carbonyl (C=O) groups is 1. The fourth-order valence-corrected chi connectivity index (χ4v) is 4.17. The van der Waals surface area contributed by atoms with Gasteiger partial charge in [-0.15, -0.1) is 11.3 Å². The van der Waals surface area contributed by atoms with Crippen molar-refractivity contribution in [3.05, 3.63) is 11.6 Å². The first-order valence-electron chi connectivity index (χ1n) is 7.26. The minimum absolute atomic E-state index is 0.0536. The van der Waals surface area contributed by atoms with Crippen molar-refractivity contribution >= 4 is 22.4 Å². The Bertz CT molecular complexity index is 465. The van der Waals surface area contributed by atoms with Crippen LogP contribution in [0.2, 0.25) is 0 Å². The first-order chi connectivity index (χ1) is 9.72. The lowest BCUT2D eigenvalue weighted by molar-refractivity contribution is -0.138. The number of aliphatic hydroxyl groups is 1. The number of rotatable bonds is 3. The zero-order valence-electron chi connectivity index (χ0n) is 11.6. The van der Waals surface area contributed by atoms with E-state index in [1.54, 1.807) is 11.3 Å². The average Bonchev–Trinajstić information content (AvgIpc) is 2.98. The molecule has 0 aliphatic carbocycles. The minimum atomic E-state index is 0.0536. The van der Waals surface area contributed by atoms with Gasteiger partial charge in [0.1, 0.15) is 0 Å². The van der Waals surface area contributed by atoms with Crippen LogP contribution < -0.4 is 4.90 Å². The van der Waals surface area contributed by atoms with Gasteiger partial charge in [0.05, 0.1) is 6.61 Å². The predicted octanol–water partition coefficient (Wildman–Crippen LogP) is 1.34. The highest BCUT2D eigenvalue weighted by atomic mass is 32.1. The zero-order chi connectivity index (χ0) is 14.0. The normalized spacial score (nSPS) is 27.4. The largest absolute Gasteiger partial charge is 0.395 e. The molecule has 1 aromatic heterocycles. The molecule has 0 radical (unpaired) electrons. The van der Waals surface area contributed by atoms with Crippen molar-refractivity contribution in [3.8, 4) is 0 Å². The molecular weight excluding hydrogens is 274 g/mol. The molecule has 1 atom stereocenters. The zero-order valence-corrected chi connectivity index (χ0v) is 12.4. The van der Waals surface area contributed by atoms with E-state index in [0.717, 1.165) is 37.6 Å². The Kier molecular flexibility index (Phi) is 3.94. The number of aromatic nitrogens is 1. The summed E-state index contributed by atoms with van der Waals surface area (Å²) in [5, 5.41) is 12.2. The van der Waals surface area contributed by atoms with Gasteiger partial charge in [-0.05, 0) is 19.3 Å². The van der Waals surface area contributed by atoms with Crippen LogP contribution in [-0.4, -0.2) is 53.7 Å². The van der Waals surface area contributed by atoms with Gasteiger partial charge in [0.15, 0.2) is 5.13 Å². The molecule has 2 aliphatic heterocycles. The highest BCUT2D eigenvalue weighted by molar-refractivity contribution is 7.13. The average molecular weight is 295 g/mol. The van der Waals surface area contributed by atoms with Crippen molar-refractivity contribution in [3.63, 3.8) is 0 Å². The quantitative estimate of drug-likeness (QED) is 0.914. The third-order valence-electron chi connectivity index (χ3n) is 4.47. The number of thiazole rings is 1. The molecule has 2 saturated heterocycles. The number of carbonyl (C=O) groups excluding carboxylic acids is 1. The van der Waals surface area contributed by atoms with Crippen LogP contribution in [0.5, 0.6) is 0 Å². The lowest BCUT2D eigenvalue weighted by Gasteiger charge is -2.48. The molecule has 3 heterocycles. The van der Waals surface area contributed by atoms with Crippen LogP contribution in [0.15, 0.2) is 11.6 Å². The second kappa shape index (κ2) is 5.69. The Balaban J connectivity index is 1.73. The van der Waals surface area contributed by atoms with E-state index >= 15 is 0 Å². The number of amides is 1. The van der Waals surface area contributed by atoms with Crippen LogP contribution in [0, 0.1) is 5.41 Å². The number of β-amino-alcohol motifs (C(OH)–C–C–N with tert-alkyl or cyclic N) is 1. The first-order valence-corrected chi connectivity index (χ1v) is 8.13. The fourth-order valence-electron chi connectivity index (χ4n) is 3.50. The van der Waals surface area contributed by atoms with Crippen molar-refractivity contribution in [1.82, 2.24) is 9.88 Å². The standard InChI is InChI=1S/C14H21N3O2S/c18-8-7-16-10-14(4-2-12(16)19)3-1-6-17(11-14)13-15-5-9-20-13/h5,9,18H,1-4,6-8,10-11H2/t14-/m1/s1. The van der Waals surface area contributed by atoms with Crippen LogP contribution in [0.4, 0.5) is 5.13 Å². The molecule has 20 heavy (non-hydrogen) atoms. The van der Waals surface area contributed by atoms with E-state index in [-0.39, 0.29) is 17.9 Å². The molecule has 0 saturated carbocycles. The summed E-state index contributed by atoms with van der Waals surface area (Å²) < 4.78 is 0. The lowest BCUT2D eigenvalue weighted by atomic mass is 9.73. The van der Waals surface area contributed by atoms with Gasteiger partial charge < -0.3 is 14.9 Å². The fraction of sp³-hybridized carbons (Fsp3) is 0.714. The highest BCUT2D eigenvalue weighted by Crippen LogP contribution is 2.40. The van der Waals surface area contributed by atoms with Gasteiger partial charge in [-0.3, -0.25) is 4.79 Å². The van der Waals surface area contributed by atoms with E-state index in [9.17, 15) is 4.79 Å². The van der Waals surface area contributed by atoms with E-state index in [0.29, 0.717) is 13.0 Å². The van der Waals surface area contributed by atoms with Gasteiger partial charge in [0, 0.05) is 49.6 Å². The molecule has 0 bridgehead atoms. The van der Waals surface area contributed by atoms with Crippen molar-refractivity contribution in [2.75, 3.05) is 37.7 Å². The lowest BCUT2D eigenvalue weighted by Crippen LogP contribution is -2.54. The molecule has 110 valence electrons. The van der Waals surface area contributed by atoms with Gasteiger partial charge in [0.25, 0.3) is 0 Å². The number of piperidine rings is 2. The van der Waals surface area contributed by atoms with E-state index in [2.05, 4.69) is 9.88 Å². The Hall–Kier alpha value is -1.14. The molecule has 2 fully saturated rings. The highest BCUT2D eigenvalue weighted by Gasteiger charge is 2.41. The monoisotopic (exact) mass is 295 g/mol. The number of anilines is 1. The molecule has 6 heteroatoms. The number of hydrogen-bond donors (Lipinski definition) is 1. The Morgan fingerprint density at radius 1 is 1.40 bits per heavy atom. The van der Waals surface area contributed by atoms with Crippen molar-refractivity contribution in [2.45, 2.75) is 25.7 Å². The molecule has 1 amide bonds. The minimum Gasteiger partial charge on any atom is -0.395 e. The topological polar surface area (TPSA) is 56.7 Å². The van der Waals surface area contributed by atoms with Crippen LogP contribution >= 0.6 is 11.3 Å². The predicted molar refractivity (Wildman–Crippen MR) is 78.9 cm³/mol. The molecule has 0 aromatic carbocycles. The van der Waals surface area contributed by atoms with Gasteiger partial charge in [-0.25, -0.2) is 4.98 Å². The molecule has 0 unspecified atom stereocenters. The van der Waals surface area contributed by atoms with Gasteiger partial charge in [0.2, 0.25) is 5.91 Å². The smallest absolute Gasteiger partial charge is 0.222 e. The maximum absolute atomic E-state index is 11.9. The van der Waals surface area contributed by atoms with Crippen molar-refractivity contribution in [1.29, 1.82) is 0 Å².